The van der Waals surface area contributed by atoms with Crippen LogP contribution in [0.25, 0.3) is 0 Å². The maximum atomic E-state index is 12.6. The monoisotopic (exact) mass is 328 g/mol. The van der Waals surface area contributed by atoms with Gasteiger partial charge in [0.25, 0.3) is 0 Å². The van der Waals surface area contributed by atoms with Crippen molar-refractivity contribution in [3.05, 3.63) is 30.3 Å². The van der Waals surface area contributed by atoms with Gasteiger partial charge in [-0.2, -0.15) is 5.26 Å². The number of nitriles is 1. The van der Waals surface area contributed by atoms with E-state index in [0.29, 0.717) is 12.1 Å². The summed E-state index contributed by atoms with van der Waals surface area (Å²) in [5.41, 5.74) is -0.186. The van der Waals surface area contributed by atoms with E-state index in [1.165, 1.54) is 16.8 Å². The smallest absolute Gasteiger partial charge is 0.243 e. The second kappa shape index (κ2) is 7.13. The van der Waals surface area contributed by atoms with Gasteiger partial charge in [0.2, 0.25) is 18.2 Å². The van der Waals surface area contributed by atoms with Gasteiger partial charge in [-0.1, -0.05) is 18.2 Å². The normalized spacial score (nSPS) is 22.5. The Morgan fingerprint density at radius 2 is 2.12 bits per heavy atom. The van der Waals surface area contributed by atoms with Crippen LogP contribution in [0.1, 0.15) is 13.3 Å². The molecule has 24 heavy (non-hydrogen) atoms. The van der Waals surface area contributed by atoms with E-state index in [0.717, 1.165) is 0 Å². The van der Waals surface area contributed by atoms with Crippen LogP contribution in [0.4, 0.5) is 5.69 Å². The molecule has 1 saturated heterocycles. The lowest BCUT2D eigenvalue weighted by atomic mass is 9.87. The van der Waals surface area contributed by atoms with Crippen molar-refractivity contribution in [2.24, 2.45) is 5.41 Å². The number of benzene rings is 1. The third-order valence-corrected chi connectivity index (χ3v) is 4.15. The van der Waals surface area contributed by atoms with Gasteiger partial charge in [-0.05, 0) is 25.5 Å². The lowest BCUT2D eigenvalue weighted by Gasteiger charge is -2.24. The molecule has 7 nitrogen and oxygen atoms in total. The van der Waals surface area contributed by atoms with Crippen molar-refractivity contribution in [2.75, 3.05) is 25.5 Å². The molecule has 2 atom stereocenters. The van der Waals surface area contributed by atoms with Gasteiger partial charge in [0.15, 0.2) is 0 Å². The number of amides is 3. The Morgan fingerprint density at radius 3 is 2.71 bits per heavy atom. The van der Waals surface area contributed by atoms with Crippen LogP contribution in [0.3, 0.4) is 0 Å². The fourth-order valence-electron chi connectivity index (χ4n) is 2.77. The lowest BCUT2D eigenvalue weighted by molar-refractivity contribution is -0.135. The first-order chi connectivity index (χ1) is 11.4. The molecule has 1 aromatic rings. The number of para-hydroxylation sites is 1. The van der Waals surface area contributed by atoms with Crippen LogP contribution < -0.4 is 5.32 Å². The van der Waals surface area contributed by atoms with E-state index in [9.17, 15) is 19.6 Å². The Kier molecular flexibility index (Phi) is 5.19. The third kappa shape index (κ3) is 3.71. The Hall–Kier alpha value is -2.88. The molecule has 0 radical (unpaired) electrons. The van der Waals surface area contributed by atoms with Gasteiger partial charge in [0.05, 0.1) is 18.0 Å². The Morgan fingerprint density at radius 1 is 1.46 bits per heavy atom. The molecule has 3 amide bonds. The average molecular weight is 328 g/mol. The van der Waals surface area contributed by atoms with Gasteiger partial charge >= 0.3 is 0 Å². The zero-order chi connectivity index (χ0) is 17.7. The van der Waals surface area contributed by atoms with E-state index in [-0.39, 0.29) is 31.3 Å². The number of likely N-dealkylation sites (N-methyl/N-ethyl adjacent to an activating group) is 1. The molecule has 1 aromatic carbocycles. The standard InChI is InChI=1S/C17H20N4O3/c1-17(16(24)19-13-6-4-3-5-7-13)8-14(9-18)21(11-17)15(23)10-20(2)12-22/h3-7,12,14H,8,10-11H2,1-2H3,(H,19,24). The van der Waals surface area contributed by atoms with E-state index in [1.54, 1.807) is 19.1 Å². The summed E-state index contributed by atoms with van der Waals surface area (Å²) >= 11 is 0. The van der Waals surface area contributed by atoms with Crippen molar-refractivity contribution in [1.29, 1.82) is 5.26 Å². The summed E-state index contributed by atoms with van der Waals surface area (Å²) < 4.78 is 0. The summed E-state index contributed by atoms with van der Waals surface area (Å²) in [5, 5.41) is 12.1. The van der Waals surface area contributed by atoms with Crippen molar-refractivity contribution in [2.45, 2.75) is 19.4 Å². The highest BCUT2D eigenvalue weighted by atomic mass is 16.2. The molecule has 1 heterocycles. The van der Waals surface area contributed by atoms with E-state index in [4.69, 9.17) is 0 Å². The topological polar surface area (TPSA) is 93.5 Å². The maximum absolute atomic E-state index is 12.6. The second-order valence-corrected chi connectivity index (χ2v) is 6.27. The Labute approximate surface area is 140 Å². The van der Waals surface area contributed by atoms with Gasteiger partial charge < -0.3 is 15.1 Å². The van der Waals surface area contributed by atoms with Gasteiger partial charge in [-0.3, -0.25) is 14.4 Å². The largest absolute Gasteiger partial charge is 0.339 e. The molecule has 0 spiro atoms. The van der Waals surface area contributed by atoms with Crippen molar-refractivity contribution in [1.82, 2.24) is 9.80 Å². The highest BCUT2D eigenvalue weighted by Gasteiger charge is 2.47. The molecule has 0 aliphatic carbocycles. The number of nitrogens with zero attached hydrogens (tertiary/aromatic N) is 3. The van der Waals surface area contributed by atoms with Crippen LogP contribution in [0, 0.1) is 16.7 Å². The van der Waals surface area contributed by atoms with Crippen LogP contribution in [-0.2, 0) is 14.4 Å². The molecule has 7 heteroatoms. The van der Waals surface area contributed by atoms with Crippen LogP contribution in [0.5, 0.6) is 0 Å². The molecule has 1 fully saturated rings. The lowest BCUT2D eigenvalue weighted by Crippen LogP contribution is -2.43. The van der Waals surface area contributed by atoms with Gasteiger partial charge in [0, 0.05) is 19.3 Å². The number of hydrogen-bond donors (Lipinski definition) is 1. The Balaban J connectivity index is 2.11. The van der Waals surface area contributed by atoms with Crippen molar-refractivity contribution in [3.63, 3.8) is 0 Å². The molecule has 0 aromatic heterocycles. The number of rotatable bonds is 5. The van der Waals surface area contributed by atoms with Gasteiger partial charge in [-0.25, -0.2) is 0 Å². The zero-order valence-electron chi connectivity index (χ0n) is 13.7. The summed E-state index contributed by atoms with van der Waals surface area (Å²) in [5.74, 6) is -0.569. The molecular formula is C17H20N4O3. The van der Waals surface area contributed by atoms with Crippen molar-refractivity contribution < 1.29 is 14.4 Å². The molecule has 0 saturated carbocycles. The first-order valence-corrected chi connectivity index (χ1v) is 7.61. The highest BCUT2D eigenvalue weighted by Crippen LogP contribution is 2.35. The summed E-state index contributed by atoms with van der Waals surface area (Å²) in [4.78, 5) is 38.2. The fraction of sp³-hybridized carbons (Fsp3) is 0.412. The second-order valence-electron chi connectivity index (χ2n) is 6.27. The minimum atomic E-state index is -0.856. The first-order valence-electron chi connectivity index (χ1n) is 7.61. The van der Waals surface area contributed by atoms with Crippen LogP contribution in [0.2, 0.25) is 0 Å². The van der Waals surface area contributed by atoms with Crippen LogP contribution >= 0.6 is 0 Å². The molecule has 1 aliphatic rings. The molecule has 0 bridgehead atoms. The van der Waals surface area contributed by atoms with E-state index in [1.807, 2.05) is 18.2 Å². The SMILES string of the molecule is CN(C=O)CC(=O)N1CC(C)(C(=O)Nc2ccccc2)CC1C#N. The summed E-state index contributed by atoms with van der Waals surface area (Å²) in [6.45, 7) is 1.78. The third-order valence-electron chi connectivity index (χ3n) is 4.15. The highest BCUT2D eigenvalue weighted by molar-refractivity contribution is 5.96. The quantitative estimate of drug-likeness (QED) is 0.811. The maximum Gasteiger partial charge on any atom is 0.243 e. The summed E-state index contributed by atoms with van der Waals surface area (Å²) in [6, 6.07) is 10.4. The number of anilines is 1. The van der Waals surface area contributed by atoms with Crippen molar-refractivity contribution in [3.8, 4) is 6.07 Å². The molecule has 2 rings (SSSR count). The Bertz CT molecular complexity index is 670. The minimum Gasteiger partial charge on any atom is -0.339 e. The fourth-order valence-corrected chi connectivity index (χ4v) is 2.77. The minimum absolute atomic E-state index is 0.113. The summed E-state index contributed by atoms with van der Waals surface area (Å²) in [6.07, 6.45) is 0.815. The molecular weight excluding hydrogens is 308 g/mol. The van der Waals surface area contributed by atoms with E-state index >= 15 is 0 Å². The summed E-state index contributed by atoms with van der Waals surface area (Å²) in [7, 11) is 1.49. The predicted octanol–water partition coefficient (Wildman–Crippen LogP) is 0.844. The molecule has 126 valence electrons. The zero-order valence-corrected chi connectivity index (χ0v) is 13.7. The van der Waals surface area contributed by atoms with Gasteiger partial charge in [0.1, 0.15) is 6.04 Å². The van der Waals surface area contributed by atoms with Crippen molar-refractivity contribution >= 4 is 23.9 Å². The van der Waals surface area contributed by atoms with Crippen LogP contribution in [0.15, 0.2) is 30.3 Å². The number of carbonyl (C=O) groups is 3. The number of nitrogens with one attached hydrogen (secondary N) is 1. The number of hydrogen-bond acceptors (Lipinski definition) is 4. The number of carbonyl (C=O) groups excluding carboxylic acids is 3. The molecule has 1 aliphatic heterocycles. The van der Waals surface area contributed by atoms with Crippen LogP contribution in [-0.4, -0.2) is 54.2 Å². The molecule has 2 unspecified atom stereocenters. The molecule has 1 N–H and O–H groups in total. The average Bonchev–Trinajstić information content (AvgIpc) is 2.94. The number of likely N-dealkylation sites (tertiary alicyclic amines) is 1. The van der Waals surface area contributed by atoms with E-state index in [2.05, 4.69) is 11.4 Å². The predicted molar refractivity (Wildman–Crippen MR) is 87.6 cm³/mol. The van der Waals surface area contributed by atoms with E-state index < -0.39 is 11.5 Å². The first kappa shape index (κ1) is 17.5. The van der Waals surface area contributed by atoms with Gasteiger partial charge in [-0.15, -0.1) is 0 Å².